The van der Waals surface area contributed by atoms with E-state index < -0.39 is 0 Å². The van der Waals surface area contributed by atoms with Gasteiger partial charge in [-0.05, 0) is 24.3 Å². The number of amides is 1. The van der Waals surface area contributed by atoms with Gasteiger partial charge in [0.2, 0.25) is 11.8 Å². The number of nitrogens with zero attached hydrogens (tertiary/aromatic N) is 5. The molecule has 0 spiro atoms. The molecule has 1 fully saturated rings. The minimum atomic E-state index is 0.0218. The van der Waals surface area contributed by atoms with E-state index in [-0.39, 0.29) is 19.1 Å². The number of methoxy groups -OCH3 is 1. The van der Waals surface area contributed by atoms with E-state index in [4.69, 9.17) is 9.84 Å². The summed E-state index contributed by atoms with van der Waals surface area (Å²) < 4.78 is 5.28. The Labute approximate surface area is 170 Å². The molecule has 2 aliphatic heterocycles. The summed E-state index contributed by atoms with van der Waals surface area (Å²) in [6.45, 7) is 5.01. The van der Waals surface area contributed by atoms with Gasteiger partial charge in [0.1, 0.15) is 6.54 Å². The van der Waals surface area contributed by atoms with Crippen LogP contribution < -0.4 is 19.4 Å². The third-order valence-electron chi connectivity index (χ3n) is 5.68. The largest absolute Gasteiger partial charge is 0.481 e. The number of aliphatic hydroxyl groups is 1. The first-order valence-electron chi connectivity index (χ1n) is 9.87. The molecule has 3 heterocycles. The molecule has 1 aromatic heterocycles. The second-order valence-electron chi connectivity index (χ2n) is 7.32. The first-order valence-corrected chi connectivity index (χ1v) is 9.87. The lowest BCUT2D eigenvalue weighted by molar-refractivity contribution is -0.117. The number of β-amino-alcohol motifs (C(OH)–C–C–N with tert-alkyl or cyclic N) is 1. The van der Waals surface area contributed by atoms with E-state index in [1.165, 1.54) is 5.69 Å². The topological polar surface area (TPSA) is 72.4 Å². The predicted molar refractivity (Wildman–Crippen MR) is 113 cm³/mol. The minimum absolute atomic E-state index is 0.0218. The maximum atomic E-state index is 12.5. The highest BCUT2D eigenvalue weighted by molar-refractivity contribution is 6.04. The van der Waals surface area contributed by atoms with Gasteiger partial charge in [-0.25, -0.2) is 4.98 Å². The van der Waals surface area contributed by atoms with Crippen molar-refractivity contribution in [1.29, 1.82) is 0 Å². The Morgan fingerprint density at radius 2 is 1.76 bits per heavy atom. The number of aromatic nitrogens is 1. The van der Waals surface area contributed by atoms with E-state index in [0.717, 1.165) is 49.8 Å². The average Bonchev–Trinajstić information content (AvgIpc) is 2.77. The number of pyridine rings is 1. The Hall–Kier alpha value is -2.84. The van der Waals surface area contributed by atoms with Crippen LogP contribution in [0.3, 0.4) is 0 Å². The van der Waals surface area contributed by atoms with Gasteiger partial charge in [-0.3, -0.25) is 9.69 Å². The van der Waals surface area contributed by atoms with Crippen LogP contribution in [0.2, 0.25) is 0 Å². The molecule has 0 aliphatic carbocycles. The van der Waals surface area contributed by atoms with Crippen molar-refractivity contribution < 1.29 is 14.6 Å². The monoisotopic (exact) mass is 397 g/mol. The van der Waals surface area contributed by atoms with E-state index in [0.29, 0.717) is 5.88 Å². The summed E-state index contributed by atoms with van der Waals surface area (Å²) in [5.74, 6) is 0.544. The summed E-state index contributed by atoms with van der Waals surface area (Å²) >= 11 is 0. The van der Waals surface area contributed by atoms with Gasteiger partial charge < -0.3 is 24.5 Å². The summed E-state index contributed by atoms with van der Waals surface area (Å²) in [6.07, 6.45) is 1.68. The van der Waals surface area contributed by atoms with Crippen molar-refractivity contribution in [2.75, 3.05) is 74.7 Å². The highest BCUT2D eigenvalue weighted by atomic mass is 16.5. The van der Waals surface area contributed by atoms with Crippen molar-refractivity contribution in [3.8, 4) is 5.88 Å². The van der Waals surface area contributed by atoms with Crippen LogP contribution in [-0.2, 0) is 4.79 Å². The van der Waals surface area contributed by atoms with Crippen LogP contribution in [0.5, 0.6) is 5.88 Å². The molecule has 2 aliphatic rings. The number of fused-ring (bicyclic) bond motifs is 1. The summed E-state index contributed by atoms with van der Waals surface area (Å²) in [7, 11) is 3.36. The normalized spacial score (nSPS) is 17.5. The molecular formula is C21H27N5O3. The number of hydrogen-bond acceptors (Lipinski definition) is 7. The number of benzene rings is 1. The first kappa shape index (κ1) is 19.5. The Morgan fingerprint density at radius 3 is 2.41 bits per heavy atom. The van der Waals surface area contributed by atoms with Crippen LogP contribution in [0.4, 0.5) is 22.7 Å². The number of rotatable bonds is 5. The Morgan fingerprint density at radius 1 is 1.07 bits per heavy atom. The van der Waals surface area contributed by atoms with Crippen LogP contribution in [0, 0.1) is 0 Å². The van der Waals surface area contributed by atoms with Crippen molar-refractivity contribution in [1.82, 2.24) is 9.88 Å². The highest BCUT2D eigenvalue weighted by Gasteiger charge is 2.29. The molecule has 0 saturated carbocycles. The van der Waals surface area contributed by atoms with Gasteiger partial charge >= 0.3 is 0 Å². The molecule has 1 N–H and O–H groups in total. The summed E-state index contributed by atoms with van der Waals surface area (Å²) in [6, 6.07) is 10.2. The Balaban J connectivity index is 1.55. The lowest BCUT2D eigenvalue weighted by Crippen LogP contribution is -2.47. The summed E-state index contributed by atoms with van der Waals surface area (Å²) in [4.78, 5) is 25.0. The fraction of sp³-hybridized carbons (Fsp3) is 0.429. The third-order valence-corrected chi connectivity index (χ3v) is 5.68. The number of carbonyl (C=O) groups excluding carboxylic acids is 1. The van der Waals surface area contributed by atoms with Gasteiger partial charge in [0, 0.05) is 57.2 Å². The van der Waals surface area contributed by atoms with Gasteiger partial charge in [0.05, 0.1) is 31.3 Å². The van der Waals surface area contributed by atoms with E-state index >= 15 is 0 Å². The minimum Gasteiger partial charge on any atom is -0.481 e. The van der Waals surface area contributed by atoms with Crippen LogP contribution in [0.15, 0.2) is 36.5 Å². The zero-order chi connectivity index (χ0) is 20.4. The molecule has 8 heteroatoms. The molecule has 1 aromatic carbocycles. The highest BCUT2D eigenvalue weighted by Crippen LogP contribution is 2.39. The second-order valence-corrected chi connectivity index (χ2v) is 7.32. The fourth-order valence-corrected chi connectivity index (χ4v) is 3.91. The van der Waals surface area contributed by atoms with Gasteiger partial charge in [-0.15, -0.1) is 0 Å². The lowest BCUT2D eigenvalue weighted by atomic mass is 10.1. The molecule has 154 valence electrons. The molecule has 1 amide bonds. The van der Waals surface area contributed by atoms with Crippen molar-refractivity contribution in [2.45, 2.75) is 0 Å². The maximum Gasteiger partial charge on any atom is 0.246 e. The number of carbonyl (C=O) groups is 1. The molecule has 29 heavy (non-hydrogen) atoms. The van der Waals surface area contributed by atoms with Gasteiger partial charge in [0.15, 0.2) is 0 Å². The average molecular weight is 397 g/mol. The molecule has 2 aromatic rings. The summed E-state index contributed by atoms with van der Waals surface area (Å²) in [5, 5.41) is 9.09. The van der Waals surface area contributed by atoms with Crippen LogP contribution >= 0.6 is 0 Å². The van der Waals surface area contributed by atoms with Crippen molar-refractivity contribution in [3.05, 3.63) is 36.5 Å². The maximum absolute atomic E-state index is 12.5. The fourth-order valence-electron chi connectivity index (χ4n) is 3.91. The lowest BCUT2D eigenvalue weighted by Gasteiger charge is -2.37. The molecule has 0 atom stereocenters. The number of ether oxygens (including phenoxy) is 1. The smallest absolute Gasteiger partial charge is 0.246 e. The molecule has 4 rings (SSSR count). The predicted octanol–water partition coefficient (Wildman–Crippen LogP) is 1.32. The van der Waals surface area contributed by atoms with Crippen molar-refractivity contribution in [3.63, 3.8) is 0 Å². The zero-order valence-electron chi connectivity index (χ0n) is 16.9. The SMILES string of the molecule is COc1cc2c(cn1)N(C)C(=O)CN2c1ccc(N2CCN(CCO)CC2)cc1. The van der Waals surface area contributed by atoms with E-state index in [9.17, 15) is 4.79 Å². The third kappa shape index (κ3) is 3.86. The van der Waals surface area contributed by atoms with E-state index in [2.05, 4.69) is 39.0 Å². The number of likely N-dealkylation sites (N-methyl/N-ethyl adjacent to an activating group) is 1. The quantitative estimate of drug-likeness (QED) is 0.816. The zero-order valence-corrected chi connectivity index (χ0v) is 16.9. The molecular weight excluding hydrogens is 370 g/mol. The number of aliphatic hydroxyl groups excluding tert-OH is 1. The number of piperazine rings is 1. The molecule has 1 saturated heterocycles. The first-order chi connectivity index (χ1) is 14.1. The molecule has 8 nitrogen and oxygen atoms in total. The molecule has 0 bridgehead atoms. The van der Waals surface area contributed by atoms with Crippen LogP contribution in [0.1, 0.15) is 0 Å². The van der Waals surface area contributed by atoms with Gasteiger partial charge in [-0.2, -0.15) is 0 Å². The summed E-state index contributed by atoms with van der Waals surface area (Å²) in [5.41, 5.74) is 3.81. The standard InChI is InChI=1S/C21H27N5O3/c1-23-19-14-22-20(29-2)13-18(19)26(15-21(23)28)17-5-3-16(4-6-17)25-9-7-24(8-10-25)11-12-27/h3-6,13-14,27H,7-12,15H2,1-2H3. The Kier molecular flexibility index (Phi) is 5.55. The van der Waals surface area contributed by atoms with Gasteiger partial charge in [0.25, 0.3) is 0 Å². The molecule has 0 unspecified atom stereocenters. The van der Waals surface area contributed by atoms with Crippen molar-refractivity contribution in [2.24, 2.45) is 0 Å². The van der Waals surface area contributed by atoms with E-state index in [1.807, 2.05) is 11.0 Å². The molecule has 0 radical (unpaired) electrons. The van der Waals surface area contributed by atoms with Crippen molar-refractivity contribution >= 4 is 28.7 Å². The van der Waals surface area contributed by atoms with Crippen LogP contribution in [-0.4, -0.2) is 80.9 Å². The van der Waals surface area contributed by atoms with E-state index in [1.54, 1.807) is 25.3 Å². The second kappa shape index (κ2) is 8.26. The van der Waals surface area contributed by atoms with Crippen LogP contribution in [0.25, 0.3) is 0 Å². The van der Waals surface area contributed by atoms with Gasteiger partial charge in [-0.1, -0.05) is 0 Å². The number of hydrogen-bond donors (Lipinski definition) is 1. The Bertz CT molecular complexity index is 865. The number of anilines is 4.